The van der Waals surface area contributed by atoms with Crippen LogP contribution in [-0.2, 0) is 5.41 Å². The van der Waals surface area contributed by atoms with E-state index in [2.05, 4.69) is 20.8 Å². The predicted molar refractivity (Wildman–Crippen MR) is 83.6 cm³/mol. The van der Waals surface area contributed by atoms with Gasteiger partial charge in [-0.3, -0.25) is 0 Å². The third-order valence-electron chi connectivity index (χ3n) is 3.09. The van der Waals surface area contributed by atoms with Crippen molar-refractivity contribution in [3.05, 3.63) is 58.6 Å². The molecule has 0 saturated heterocycles. The second-order valence-corrected chi connectivity index (χ2v) is 6.23. The van der Waals surface area contributed by atoms with E-state index in [0.29, 0.717) is 10.8 Å². The van der Waals surface area contributed by atoms with E-state index >= 15 is 0 Å². The fourth-order valence-corrected chi connectivity index (χ4v) is 2.21. The largest absolute Gasteiger partial charge is 0.478 e. The van der Waals surface area contributed by atoms with E-state index in [9.17, 15) is 9.90 Å². The molecule has 1 N–H and O–H groups in total. The average Bonchev–Trinajstić information content (AvgIpc) is 2.37. The summed E-state index contributed by atoms with van der Waals surface area (Å²) >= 11 is 5.94. The minimum Gasteiger partial charge on any atom is -0.478 e. The fourth-order valence-electron chi connectivity index (χ4n) is 2.05. The van der Waals surface area contributed by atoms with Gasteiger partial charge in [-0.2, -0.15) is 0 Å². The summed E-state index contributed by atoms with van der Waals surface area (Å²) in [7, 11) is 0. The number of carbonyl (C=O) groups is 1. The summed E-state index contributed by atoms with van der Waals surface area (Å²) in [4.78, 5) is 11.3. The summed E-state index contributed by atoms with van der Waals surface area (Å²) < 4.78 is 5.84. The van der Waals surface area contributed by atoms with Gasteiger partial charge in [0.05, 0.1) is 0 Å². The Morgan fingerprint density at radius 3 is 2.38 bits per heavy atom. The summed E-state index contributed by atoms with van der Waals surface area (Å²) in [5.41, 5.74) is 0.975. The molecule has 0 aliphatic carbocycles. The molecule has 2 aromatic carbocycles. The van der Waals surface area contributed by atoms with Gasteiger partial charge >= 0.3 is 5.97 Å². The molecule has 110 valence electrons. The van der Waals surface area contributed by atoms with Crippen molar-refractivity contribution in [2.75, 3.05) is 0 Å². The number of hydrogen-bond acceptors (Lipinski definition) is 2. The zero-order valence-corrected chi connectivity index (χ0v) is 12.9. The van der Waals surface area contributed by atoms with E-state index in [1.807, 2.05) is 24.3 Å². The first-order valence-corrected chi connectivity index (χ1v) is 6.97. The van der Waals surface area contributed by atoms with E-state index in [0.717, 1.165) is 5.56 Å². The van der Waals surface area contributed by atoms with Crippen LogP contribution >= 0.6 is 11.6 Å². The van der Waals surface area contributed by atoms with Gasteiger partial charge in [0, 0.05) is 16.7 Å². The molecule has 3 nitrogen and oxygen atoms in total. The summed E-state index contributed by atoms with van der Waals surface area (Å²) in [5, 5.41) is 9.67. The third kappa shape index (κ3) is 3.56. The molecule has 0 aliphatic rings. The lowest BCUT2D eigenvalue weighted by Crippen LogP contribution is -2.12. The molecule has 0 bridgehead atoms. The number of benzene rings is 2. The van der Waals surface area contributed by atoms with Gasteiger partial charge in [-0.25, -0.2) is 4.79 Å². The van der Waals surface area contributed by atoms with Crippen LogP contribution in [0.3, 0.4) is 0 Å². The van der Waals surface area contributed by atoms with Crippen molar-refractivity contribution in [3.63, 3.8) is 0 Å². The van der Waals surface area contributed by atoms with E-state index in [1.165, 1.54) is 18.2 Å². The maximum Gasteiger partial charge on any atom is 0.339 e. The third-order valence-corrected chi connectivity index (χ3v) is 3.32. The number of halogens is 1. The molecule has 0 aliphatic heterocycles. The minimum atomic E-state index is -1.05. The van der Waals surface area contributed by atoms with Gasteiger partial charge in [0.2, 0.25) is 0 Å². The maximum absolute atomic E-state index is 11.3. The van der Waals surface area contributed by atoms with Crippen LogP contribution in [0.15, 0.2) is 42.5 Å². The first-order chi connectivity index (χ1) is 9.79. The molecule has 0 fully saturated rings. The molecule has 2 rings (SSSR count). The molecule has 0 saturated carbocycles. The van der Waals surface area contributed by atoms with E-state index in [1.54, 1.807) is 0 Å². The Morgan fingerprint density at radius 2 is 1.76 bits per heavy atom. The van der Waals surface area contributed by atoms with Crippen molar-refractivity contribution in [1.82, 2.24) is 0 Å². The van der Waals surface area contributed by atoms with Gasteiger partial charge in [-0.15, -0.1) is 0 Å². The number of hydrogen-bond donors (Lipinski definition) is 1. The Balaban J connectivity index is 2.49. The van der Waals surface area contributed by atoms with Crippen LogP contribution in [0.2, 0.25) is 5.02 Å². The molecule has 0 aromatic heterocycles. The summed E-state index contributed by atoms with van der Waals surface area (Å²) in [6.07, 6.45) is 0. The van der Waals surface area contributed by atoms with E-state index < -0.39 is 5.97 Å². The standard InChI is InChI=1S/C17H17ClO3/c1-17(2,3)13-6-4-5-7-14(13)21-15-10-11(18)8-9-12(15)16(19)20/h4-10H,1-3H3,(H,19,20). The molecule has 0 unspecified atom stereocenters. The Morgan fingerprint density at radius 1 is 1.10 bits per heavy atom. The lowest BCUT2D eigenvalue weighted by molar-refractivity contribution is 0.0694. The fraction of sp³-hybridized carbons (Fsp3) is 0.235. The molecule has 2 aromatic rings. The smallest absolute Gasteiger partial charge is 0.339 e. The lowest BCUT2D eigenvalue weighted by atomic mass is 9.86. The number of carboxylic acids is 1. The number of ether oxygens (including phenoxy) is 1. The first-order valence-electron chi connectivity index (χ1n) is 6.59. The normalized spacial score (nSPS) is 11.2. The monoisotopic (exact) mass is 304 g/mol. The Kier molecular flexibility index (Phi) is 4.24. The van der Waals surface area contributed by atoms with Crippen LogP contribution in [0, 0.1) is 0 Å². The Bertz CT molecular complexity index is 672. The maximum atomic E-state index is 11.3. The van der Waals surface area contributed by atoms with Crippen LogP contribution in [0.5, 0.6) is 11.5 Å². The van der Waals surface area contributed by atoms with Crippen LogP contribution in [0.25, 0.3) is 0 Å². The topological polar surface area (TPSA) is 46.5 Å². The van der Waals surface area contributed by atoms with Crippen molar-refractivity contribution < 1.29 is 14.6 Å². The lowest BCUT2D eigenvalue weighted by Gasteiger charge is -2.23. The zero-order chi connectivity index (χ0) is 15.6. The molecule has 21 heavy (non-hydrogen) atoms. The molecule has 0 amide bonds. The van der Waals surface area contributed by atoms with Crippen molar-refractivity contribution >= 4 is 17.6 Å². The number of aromatic carboxylic acids is 1. The summed E-state index contributed by atoms with van der Waals surface area (Å²) in [6.45, 7) is 6.22. The molecule has 0 radical (unpaired) electrons. The molecule has 4 heteroatoms. The van der Waals surface area contributed by atoms with Crippen LogP contribution in [0.1, 0.15) is 36.7 Å². The van der Waals surface area contributed by atoms with Gasteiger partial charge in [-0.1, -0.05) is 50.6 Å². The molecule has 0 spiro atoms. The van der Waals surface area contributed by atoms with Crippen LogP contribution in [-0.4, -0.2) is 11.1 Å². The number of rotatable bonds is 3. The number of carboxylic acid groups (broad SMARTS) is 1. The highest BCUT2D eigenvalue weighted by atomic mass is 35.5. The highest BCUT2D eigenvalue weighted by Crippen LogP contribution is 2.35. The van der Waals surface area contributed by atoms with Crippen molar-refractivity contribution in [3.8, 4) is 11.5 Å². The second kappa shape index (κ2) is 5.78. The van der Waals surface area contributed by atoms with Crippen LogP contribution < -0.4 is 4.74 Å². The Hall–Kier alpha value is -2.00. The second-order valence-electron chi connectivity index (χ2n) is 5.79. The van der Waals surface area contributed by atoms with Gasteiger partial charge in [0.25, 0.3) is 0 Å². The molecule has 0 atom stereocenters. The van der Waals surface area contributed by atoms with E-state index in [-0.39, 0.29) is 16.7 Å². The predicted octanol–water partition coefficient (Wildman–Crippen LogP) is 5.13. The minimum absolute atomic E-state index is 0.0862. The van der Waals surface area contributed by atoms with Crippen LogP contribution in [0.4, 0.5) is 0 Å². The van der Waals surface area contributed by atoms with Crippen molar-refractivity contribution in [2.45, 2.75) is 26.2 Å². The highest BCUT2D eigenvalue weighted by Gasteiger charge is 2.20. The summed E-state index contributed by atoms with van der Waals surface area (Å²) in [6, 6.07) is 12.1. The zero-order valence-electron chi connectivity index (χ0n) is 12.2. The van der Waals surface area contributed by atoms with E-state index in [4.69, 9.17) is 16.3 Å². The van der Waals surface area contributed by atoms with Crippen molar-refractivity contribution in [2.24, 2.45) is 0 Å². The quantitative estimate of drug-likeness (QED) is 0.855. The van der Waals surface area contributed by atoms with Gasteiger partial charge in [0.1, 0.15) is 17.1 Å². The van der Waals surface area contributed by atoms with Crippen molar-refractivity contribution in [1.29, 1.82) is 0 Å². The number of para-hydroxylation sites is 1. The molecular weight excluding hydrogens is 288 g/mol. The Labute approximate surface area is 129 Å². The highest BCUT2D eigenvalue weighted by molar-refractivity contribution is 6.30. The average molecular weight is 305 g/mol. The SMILES string of the molecule is CC(C)(C)c1ccccc1Oc1cc(Cl)ccc1C(=O)O. The summed E-state index contributed by atoms with van der Waals surface area (Å²) in [5.74, 6) is -0.170. The van der Waals surface area contributed by atoms with Gasteiger partial charge in [0.15, 0.2) is 0 Å². The molecule has 0 heterocycles. The first kappa shape index (κ1) is 15.4. The van der Waals surface area contributed by atoms with Gasteiger partial charge in [-0.05, 0) is 23.6 Å². The van der Waals surface area contributed by atoms with Gasteiger partial charge < -0.3 is 9.84 Å². The molecular formula is C17H17ClO3.